The predicted octanol–water partition coefficient (Wildman–Crippen LogP) is 2.29. The monoisotopic (exact) mass is 454 g/mol. The number of piperazine rings is 1. The number of hydrogen-bond acceptors (Lipinski definition) is 3. The minimum Gasteiger partial charge on any atom is -0.368 e. The molecule has 0 unspecified atom stereocenters. The highest BCUT2D eigenvalue weighted by Crippen LogP contribution is 2.15. The number of hydrogen-bond donors (Lipinski definition) is 1. The first kappa shape index (κ1) is 19.6. The largest absolute Gasteiger partial charge is 0.368 e. The van der Waals surface area contributed by atoms with Crippen molar-refractivity contribution >= 4 is 35.6 Å². The number of aryl methyl sites for hydroxylation is 1. The molecule has 1 aliphatic rings. The quantitative estimate of drug-likeness (QED) is 0.326. The molecule has 0 bridgehead atoms. The van der Waals surface area contributed by atoms with Gasteiger partial charge in [0.05, 0.1) is 0 Å². The zero-order valence-electron chi connectivity index (χ0n) is 14.7. The molecule has 136 valence electrons. The second-order valence-corrected chi connectivity index (χ2v) is 5.91. The summed E-state index contributed by atoms with van der Waals surface area (Å²) in [5.74, 6) is 1.00. The van der Waals surface area contributed by atoms with E-state index in [9.17, 15) is 0 Å². The lowest BCUT2D eigenvalue weighted by atomic mass is 10.2. The van der Waals surface area contributed by atoms with E-state index in [1.54, 1.807) is 0 Å². The fourth-order valence-electron chi connectivity index (χ4n) is 3.02. The van der Waals surface area contributed by atoms with Crippen LogP contribution in [0, 0.1) is 0 Å². The fraction of sp³-hybridized carbons (Fsp3) is 0.444. The molecule has 0 aliphatic carbocycles. The van der Waals surface area contributed by atoms with Gasteiger partial charge in [0.1, 0.15) is 0 Å². The Morgan fingerprint density at radius 1 is 1.12 bits per heavy atom. The van der Waals surface area contributed by atoms with Crippen molar-refractivity contribution < 1.29 is 0 Å². The normalized spacial score (nSPS) is 15.0. The molecule has 2 heterocycles. The van der Waals surface area contributed by atoms with E-state index in [0.717, 1.165) is 51.6 Å². The van der Waals surface area contributed by atoms with Gasteiger partial charge in [-0.3, -0.25) is 9.67 Å². The van der Waals surface area contributed by atoms with Crippen LogP contribution in [0.2, 0.25) is 0 Å². The van der Waals surface area contributed by atoms with Gasteiger partial charge in [-0.1, -0.05) is 18.2 Å². The van der Waals surface area contributed by atoms with Gasteiger partial charge in [-0.15, -0.1) is 24.0 Å². The SMILES string of the molecule is CN=C(NCCCn1cccn1)N1CCN(c2ccccc2)CC1.I. The van der Waals surface area contributed by atoms with Gasteiger partial charge in [-0.05, 0) is 24.6 Å². The topological polar surface area (TPSA) is 48.7 Å². The lowest BCUT2D eigenvalue weighted by Gasteiger charge is -2.37. The number of aromatic nitrogens is 2. The van der Waals surface area contributed by atoms with Gasteiger partial charge >= 0.3 is 0 Å². The first-order chi connectivity index (χ1) is 11.9. The highest BCUT2D eigenvalue weighted by atomic mass is 127. The second kappa shape index (κ2) is 10.3. The summed E-state index contributed by atoms with van der Waals surface area (Å²) in [6.45, 7) is 5.88. The molecular formula is C18H27IN6. The summed E-state index contributed by atoms with van der Waals surface area (Å²) in [6, 6.07) is 12.6. The van der Waals surface area contributed by atoms with E-state index in [2.05, 4.69) is 55.5 Å². The minimum absolute atomic E-state index is 0. The molecule has 1 aromatic heterocycles. The first-order valence-corrected chi connectivity index (χ1v) is 8.60. The van der Waals surface area contributed by atoms with Gasteiger partial charge in [0.25, 0.3) is 0 Å². The van der Waals surface area contributed by atoms with Crippen LogP contribution in [-0.2, 0) is 6.54 Å². The third-order valence-corrected chi connectivity index (χ3v) is 4.32. The molecule has 1 N–H and O–H groups in total. The van der Waals surface area contributed by atoms with E-state index >= 15 is 0 Å². The van der Waals surface area contributed by atoms with E-state index < -0.39 is 0 Å². The lowest BCUT2D eigenvalue weighted by Crippen LogP contribution is -2.52. The number of nitrogens with one attached hydrogen (secondary N) is 1. The number of para-hydroxylation sites is 1. The summed E-state index contributed by atoms with van der Waals surface area (Å²) in [7, 11) is 1.86. The highest BCUT2D eigenvalue weighted by Gasteiger charge is 2.19. The maximum atomic E-state index is 4.43. The van der Waals surface area contributed by atoms with E-state index in [1.807, 2.05) is 30.2 Å². The van der Waals surface area contributed by atoms with Crippen molar-refractivity contribution in [3.63, 3.8) is 0 Å². The van der Waals surface area contributed by atoms with Crippen molar-refractivity contribution in [2.75, 3.05) is 44.7 Å². The molecule has 1 saturated heterocycles. The van der Waals surface area contributed by atoms with Crippen LogP contribution in [0.1, 0.15) is 6.42 Å². The summed E-state index contributed by atoms with van der Waals surface area (Å²) >= 11 is 0. The smallest absolute Gasteiger partial charge is 0.193 e. The second-order valence-electron chi connectivity index (χ2n) is 5.91. The van der Waals surface area contributed by atoms with E-state index in [1.165, 1.54) is 5.69 Å². The summed E-state index contributed by atoms with van der Waals surface area (Å²) in [4.78, 5) is 9.21. The molecule has 0 saturated carbocycles. The standard InChI is InChI=1S/C18H26N6.HI/c1-19-18(20-9-5-11-24-12-6-10-21-24)23-15-13-22(14-16-23)17-7-3-2-4-8-17;/h2-4,6-8,10,12H,5,9,11,13-16H2,1H3,(H,19,20);1H. The maximum Gasteiger partial charge on any atom is 0.193 e. The average Bonchev–Trinajstić information content (AvgIpc) is 3.16. The summed E-state index contributed by atoms with van der Waals surface area (Å²) in [6.07, 6.45) is 4.85. The number of guanidine groups is 1. The number of aliphatic imine (C=N–C) groups is 1. The third kappa shape index (κ3) is 5.62. The van der Waals surface area contributed by atoms with Gasteiger partial charge in [0, 0.05) is 64.4 Å². The van der Waals surface area contributed by atoms with Crippen LogP contribution >= 0.6 is 24.0 Å². The zero-order chi connectivity index (χ0) is 16.6. The first-order valence-electron chi connectivity index (χ1n) is 8.60. The van der Waals surface area contributed by atoms with E-state index in [4.69, 9.17) is 0 Å². The Hall–Kier alpha value is -1.77. The molecule has 1 aliphatic heterocycles. The molecule has 0 amide bonds. The van der Waals surface area contributed by atoms with Gasteiger partial charge in [0.2, 0.25) is 0 Å². The van der Waals surface area contributed by atoms with Crippen LogP contribution in [0.4, 0.5) is 5.69 Å². The molecule has 7 heteroatoms. The third-order valence-electron chi connectivity index (χ3n) is 4.32. The zero-order valence-corrected chi connectivity index (χ0v) is 17.0. The fourth-order valence-corrected chi connectivity index (χ4v) is 3.02. The molecule has 0 radical (unpaired) electrons. The van der Waals surface area contributed by atoms with Crippen LogP contribution in [0.5, 0.6) is 0 Å². The van der Waals surface area contributed by atoms with Crippen molar-refractivity contribution in [1.82, 2.24) is 20.0 Å². The van der Waals surface area contributed by atoms with Crippen LogP contribution < -0.4 is 10.2 Å². The van der Waals surface area contributed by atoms with Crippen molar-refractivity contribution in [3.05, 3.63) is 48.8 Å². The van der Waals surface area contributed by atoms with E-state index in [-0.39, 0.29) is 24.0 Å². The average molecular weight is 454 g/mol. The molecule has 3 rings (SSSR count). The molecule has 0 spiro atoms. The van der Waals surface area contributed by atoms with Gasteiger partial charge in [0.15, 0.2) is 5.96 Å². The molecule has 1 fully saturated rings. The number of rotatable bonds is 5. The van der Waals surface area contributed by atoms with Crippen LogP contribution in [0.3, 0.4) is 0 Å². The Kier molecular flexibility index (Phi) is 8.03. The maximum absolute atomic E-state index is 4.43. The van der Waals surface area contributed by atoms with Crippen molar-refractivity contribution in [1.29, 1.82) is 0 Å². The van der Waals surface area contributed by atoms with Crippen LogP contribution in [0.15, 0.2) is 53.8 Å². The van der Waals surface area contributed by atoms with Crippen molar-refractivity contribution in [2.45, 2.75) is 13.0 Å². The molecule has 25 heavy (non-hydrogen) atoms. The van der Waals surface area contributed by atoms with E-state index in [0.29, 0.717) is 0 Å². The van der Waals surface area contributed by atoms with Crippen molar-refractivity contribution in [3.8, 4) is 0 Å². The molecule has 0 atom stereocenters. The summed E-state index contributed by atoms with van der Waals surface area (Å²) < 4.78 is 1.96. The number of halogens is 1. The summed E-state index contributed by atoms with van der Waals surface area (Å²) in [5, 5.41) is 7.70. The Morgan fingerprint density at radius 2 is 1.88 bits per heavy atom. The molecule has 2 aromatic rings. The Bertz CT molecular complexity index is 620. The molecule has 1 aromatic carbocycles. The predicted molar refractivity (Wildman–Crippen MR) is 114 cm³/mol. The summed E-state index contributed by atoms with van der Waals surface area (Å²) in [5.41, 5.74) is 1.30. The number of benzene rings is 1. The van der Waals surface area contributed by atoms with Gasteiger partial charge < -0.3 is 15.1 Å². The Morgan fingerprint density at radius 3 is 2.52 bits per heavy atom. The molecular weight excluding hydrogens is 427 g/mol. The number of anilines is 1. The lowest BCUT2D eigenvalue weighted by molar-refractivity contribution is 0.371. The van der Waals surface area contributed by atoms with Crippen molar-refractivity contribution in [2.24, 2.45) is 4.99 Å². The van der Waals surface area contributed by atoms with Crippen LogP contribution in [0.25, 0.3) is 0 Å². The number of nitrogens with zero attached hydrogens (tertiary/aromatic N) is 5. The minimum atomic E-state index is 0. The van der Waals surface area contributed by atoms with Gasteiger partial charge in [-0.2, -0.15) is 5.10 Å². The highest BCUT2D eigenvalue weighted by molar-refractivity contribution is 14.0. The van der Waals surface area contributed by atoms with Crippen LogP contribution in [-0.4, -0.2) is 60.4 Å². The van der Waals surface area contributed by atoms with Gasteiger partial charge in [-0.25, -0.2) is 0 Å². The molecule has 6 nitrogen and oxygen atoms in total. The Balaban J connectivity index is 0.00000225. The Labute approximate surface area is 166 Å².